The van der Waals surface area contributed by atoms with E-state index in [9.17, 15) is 0 Å². The number of fused-ring (bicyclic) bond motifs is 4. The number of para-hydroxylation sites is 1. The third-order valence-corrected chi connectivity index (χ3v) is 5.79. The second kappa shape index (κ2) is 6.35. The van der Waals surface area contributed by atoms with Crippen molar-refractivity contribution in [3.05, 3.63) is 109 Å². The summed E-state index contributed by atoms with van der Waals surface area (Å²) in [6.45, 7) is 0. The van der Waals surface area contributed by atoms with E-state index in [-0.39, 0.29) is 0 Å². The van der Waals surface area contributed by atoms with Crippen molar-refractivity contribution in [1.29, 1.82) is 0 Å². The number of benzene rings is 5. The van der Waals surface area contributed by atoms with Gasteiger partial charge in [-0.15, -0.1) is 0 Å². The highest BCUT2D eigenvalue weighted by Gasteiger charge is 2.07. The molecule has 0 fully saturated rings. The zero-order chi connectivity index (χ0) is 19.2. The number of aromatic nitrogens is 1. The lowest BCUT2D eigenvalue weighted by Gasteiger charge is -2.07. The van der Waals surface area contributed by atoms with Crippen LogP contribution in [-0.2, 0) is 0 Å². The molecule has 0 atom stereocenters. The van der Waals surface area contributed by atoms with E-state index >= 15 is 0 Å². The number of rotatable bonds is 2. The molecule has 6 rings (SSSR count). The van der Waals surface area contributed by atoms with Crippen molar-refractivity contribution in [1.82, 2.24) is 4.98 Å². The van der Waals surface area contributed by atoms with Gasteiger partial charge in [-0.3, -0.25) is 0 Å². The van der Waals surface area contributed by atoms with Crippen LogP contribution in [0.2, 0.25) is 0 Å². The second-order valence-electron chi connectivity index (χ2n) is 7.57. The molecule has 1 heteroatoms. The van der Waals surface area contributed by atoms with Crippen molar-refractivity contribution in [3.8, 4) is 22.3 Å². The maximum atomic E-state index is 3.56. The SMILES string of the molecule is c1ccc(-c2ccc3ccc(-c4ccc5c(c4)[nH]c4ccccc45)cc3c2)cc1. The molecule has 0 amide bonds. The predicted molar refractivity (Wildman–Crippen MR) is 124 cm³/mol. The minimum atomic E-state index is 1.18. The summed E-state index contributed by atoms with van der Waals surface area (Å²) in [6, 6.07) is 39.2. The predicted octanol–water partition coefficient (Wildman–Crippen LogP) is 7.81. The average Bonchev–Trinajstić information content (AvgIpc) is 3.17. The first-order valence-corrected chi connectivity index (χ1v) is 9.95. The van der Waals surface area contributed by atoms with Crippen LogP contribution >= 0.6 is 0 Å². The molecule has 0 aliphatic heterocycles. The van der Waals surface area contributed by atoms with Crippen LogP contribution in [0.15, 0.2) is 109 Å². The Morgan fingerprint density at radius 3 is 1.83 bits per heavy atom. The molecular weight excluding hydrogens is 350 g/mol. The summed E-state index contributed by atoms with van der Waals surface area (Å²) in [5.41, 5.74) is 7.34. The lowest BCUT2D eigenvalue weighted by molar-refractivity contribution is 1.54. The fraction of sp³-hybridized carbons (Fsp3) is 0. The standard InChI is InChI=1S/C28H19N/c1-2-6-19(7-3-1)21-12-10-20-11-13-22(17-24(20)16-21)23-14-15-26-25-8-4-5-9-27(25)29-28(26)18-23/h1-18,29H. The van der Waals surface area contributed by atoms with Gasteiger partial charge in [0.05, 0.1) is 0 Å². The van der Waals surface area contributed by atoms with Crippen molar-refractivity contribution in [2.45, 2.75) is 0 Å². The number of hydrogen-bond acceptors (Lipinski definition) is 0. The molecule has 0 radical (unpaired) electrons. The Morgan fingerprint density at radius 1 is 0.379 bits per heavy atom. The third-order valence-electron chi connectivity index (χ3n) is 5.79. The smallest absolute Gasteiger partial charge is 0.0471 e. The Kier molecular flexibility index (Phi) is 3.54. The van der Waals surface area contributed by atoms with Crippen LogP contribution in [0.4, 0.5) is 0 Å². The van der Waals surface area contributed by atoms with Gasteiger partial charge in [0, 0.05) is 21.8 Å². The van der Waals surface area contributed by atoms with E-state index in [1.54, 1.807) is 0 Å². The normalized spacial score (nSPS) is 11.4. The summed E-state index contributed by atoms with van der Waals surface area (Å²) in [5, 5.41) is 5.08. The quantitative estimate of drug-likeness (QED) is 0.320. The maximum Gasteiger partial charge on any atom is 0.0471 e. The summed E-state index contributed by atoms with van der Waals surface area (Å²) in [5.74, 6) is 0. The molecule has 29 heavy (non-hydrogen) atoms. The van der Waals surface area contributed by atoms with Gasteiger partial charge in [0.25, 0.3) is 0 Å². The summed E-state index contributed by atoms with van der Waals surface area (Å²) in [6.07, 6.45) is 0. The summed E-state index contributed by atoms with van der Waals surface area (Å²) >= 11 is 0. The molecule has 1 N–H and O–H groups in total. The zero-order valence-corrected chi connectivity index (χ0v) is 15.9. The van der Waals surface area contributed by atoms with Crippen LogP contribution in [0.1, 0.15) is 0 Å². The van der Waals surface area contributed by atoms with Gasteiger partial charge >= 0.3 is 0 Å². The first kappa shape index (κ1) is 16.1. The summed E-state index contributed by atoms with van der Waals surface area (Å²) in [7, 11) is 0. The van der Waals surface area contributed by atoms with Gasteiger partial charge < -0.3 is 4.98 Å². The van der Waals surface area contributed by atoms with Crippen LogP contribution in [0.3, 0.4) is 0 Å². The molecule has 1 aromatic heterocycles. The van der Waals surface area contributed by atoms with Crippen LogP contribution < -0.4 is 0 Å². The van der Waals surface area contributed by atoms with Gasteiger partial charge in [0.1, 0.15) is 0 Å². The largest absolute Gasteiger partial charge is 0.354 e. The van der Waals surface area contributed by atoms with Crippen LogP contribution in [-0.4, -0.2) is 4.98 Å². The molecule has 0 spiro atoms. The number of H-pyrrole nitrogens is 1. The van der Waals surface area contributed by atoms with Crippen LogP contribution in [0.25, 0.3) is 54.8 Å². The first-order valence-electron chi connectivity index (χ1n) is 9.95. The van der Waals surface area contributed by atoms with E-state index in [2.05, 4.69) is 114 Å². The first-order chi connectivity index (χ1) is 14.3. The van der Waals surface area contributed by atoms with Gasteiger partial charge in [-0.2, -0.15) is 0 Å². The van der Waals surface area contributed by atoms with E-state index in [0.29, 0.717) is 0 Å². The molecule has 0 saturated heterocycles. The summed E-state index contributed by atoms with van der Waals surface area (Å²) in [4.78, 5) is 3.56. The molecular formula is C28H19N. The van der Waals surface area contributed by atoms with Crippen molar-refractivity contribution in [3.63, 3.8) is 0 Å². The van der Waals surface area contributed by atoms with Crippen molar-refractivity contribution < 1.29 is 0 Å². The molecule has 1 nitrogen and oxygen atoms in total. The molecule has 1 heterocycles. The van der Waals surface area contributed by atoms with Gasteiger partial charge in [0.15, 0.2) is 0 Å². The Hall–Kier alpha value is -3.84. The van der Waals surface area contributed by atoms with Crippen molar-refractivity contribution in [2.24, 2.45) is 0 Å². The zero-order valence-electron chi connectivity index (χ0n) is 15.9. The minimum absolute atomic E-state index is 1.18. The maximum absolute atomic E-state index is 3.56. The van der Waals surface area contributed by atoms with Crippen molar-refractivity contribution >= 4 is 32.6 Å². The van der Waals surface area contributed by atoms with E-state index < -0.39 is 0 Å². The fourth-order valence-electron chi connectivity index (χ4n) is 4.27. The second-order valence-corrected chi connectivity index (χ2v) is 7.57. The topological polar surface area (TPSA) is 15.8 Å². The van der Waals surface area contributed by atoms with E-state index in [0.717, 1.165) is 0 Å². The highest BCUT2D eigenvalue weighted by Crippen LogP contribution is 2.32. The highest BCUT2D eigenvalue weighted by atomic mass is 14.7. The van der Waals surface area contributed by atoms with Gasteiger partial charge in [-0.05, 0) is 57.3 Å². The summed E-state index contributed by atoms with van der Waals surface area (Å²) < 4.78 is 0. The lowest BCUT2D eigenvalue weighted by atomic mass is 9.97. The molecule has 0 saturated carbocycles. The minimum Gasteiger partial charge on any atom is -0.354 e. The van der Waals surface area contributed by atoms with Gasteiger partial charge in [-0.1, -0.05) is 84.9 Å². The fourth-order valence-corrected chi connectivity index (χ4v) is 4.27. The van der Waals surface area contributed by atoms with Crippen LogP contribution in [0.5, 0.6) is 0 Å². The Bertz CT molecular complexity index is 1490. The Labute approximate surface area is 169 Å². The monoisotopic (exact) mass is 369 g/mol. The number of aromatic amines is 1. The van der Waals surface area contributed by atoms with E-state index in [1.807, 2.05) is 0 Å². The lowest BCUT2D eigenvalue weighted by Crippen LogP contribution is -1.82. The molecule has 0 bridgehead atoms. The number of nitrogens with one attached hydrogen (secondary N) is 1. The van der Waals surface area contributed by atoms with E-state index in [4.69, 9.17) is 0 Å². The molecule has 5 aromatic carbocycles. The average molecular weight is 369 g/mol. The Balaban J connectivity index is 1.49. The molecule has 136 valence electrons. The van der Waals surface area contributed by atoms with Gasteiger partial charge in [0.2, 0.25) is 0 Å². The van der Waals surface area contributed by atoms with Gasteiger partial charge in [-0.25, -0.2) is 0 Å². The van der Waals surface area contributed by atoms with E-state index in [1.165, 1.54) is 54.8 Å². The third kappa shape index (κ3) is 2.71. The Morgan fingerprint density at radius 2 is 1.00 bits per heavy atom. The number of hydrogen-bond donors (Lipinski definition) is 1. The molecule has 0 aliphatic rings. The molecule has 0 unspecified atom stereocenters. The van der Waals surface area contributed by atoms with Crippen molar-refractivity contribution in [2.75, 3.05) is 0 Å². The highest BCUT2D eigenvalue weighted by molar-refractivity contribution is 6.08. The molecule has 6 aromatic rings. The van der Waals surface area contributed by atoms with Crippen LogP contribution in [0, 0.1) is 0 Å². The molecule has 0 aliphatic carbocycles.